The molecule has 0 radical (unpaired) electrons. The Hall–Kier alpha value is -1.29. The van der Waals surface area contributed by atoms with E-state index in [1.807, 2.05) is 0 Å². The molecule has 0 spiro atoms. The van der Waals surface area contributed by atoms with E-state index in [4.69, 9.17) is 16.7 Å². The minimum Gasteiger partial charge on any atom is -0.478 e. The van der Waals surface area contributed by atoms with Crippen molar-refractivity contribution in [2.45, 2.75) is 13.3 Å². The zero-order valence-corrected chi connectivity index (χ0v) is 9.74. The number of pyridine rings is 1. The molecule has 0 amide bonds. The van der Waals surface area contributed by atoms with Crippen LogP contribution in [0.1, 0.15) is 23.7 Å². The van der Waals surface area contributed by atoms with Crippen LogP contribution in [0.2, 0.25) is 5.15 Å². The fraction of sp³-hybridized carbons (Fsp3) is 0.455. The number of nitrogens with zero attached hydrogens (tertiary/aromatic N) is 2. The third-order valence-electron chi connectivity index (χ3n) is 2.84. The molecule has 0 aromatic carbocycles. The molecule has 1 unspecified atom stereocenters. The van der Waals surface area contributed by atoms with Gasteiger partial charge in [0.2, 0.25) is 0 Å². The Labute approximate surface area is 98.9 Å². The number of halogens is 1. The van der Waals surface area contributed by atoms with E-state index < -0.39 is 5.97 Å². The molecule has 2 rings (SSSR count). The van der Waals surface area contributed by atoms with Crippen molar-refractivity contribution in [2.24, 2.45) is 5.92 Å². The van der Waals surface area contributed by atoms with Crippen LogP contribution in [0.25, 0.3) is 0 Å². The van der Waals surface area contributed by atoms with E-state index in [1.54, 1.807) is 6.20 Å². The zero-order chi connectivity index (χ0) is 11.7. The maximum absolute atomic E-state index is 11.1. The van der Waals surface area contributed by atoms with E-state index in [2.05, 4.69) is 16.8 Å². The van der Waals surface area contributed by atoms with Gasteiger partial charge in [-0.2, -0.15) is 0 Å². The molecular weight excluding hydrogens is 228 g/mol. The summed E-state index contributed by atoms with van der Waals surface area (Å²) in [5, 5.41) is 9.32. The molecule has 1 atom stereocenters. The van der Waals surface area contributed by atoms with Crippen molar-refractivity contribution < 1.29 is 9.90 Å². The number of aromatic nitrogens is 1. The minimum absolute atomic E-state index is 0.216. The standard InChI is InChI=1S/C11H13ClN2O2/c1-7-2-3-14(6-7)9-5-13-10(12)4-8(9)11(15)16/h4-5,7H,2-3,6H2,1H3,(H,15,16). The Bertz CT molecular complexity index is 422. The van der Waals surface area contributed by atoms with Crippen molar-refractivity contribution in [3.8, 4) is 0 Å². The summed E-state index contributed by atoms with van der Waals surface area (Å²) in [5.74, 6) is -0.365. The van der Waals surface area contributed by atoms with Crippen LogP contribution in [0.15, 0.2) is 12.3 Å². The molecule has 1 aromatic heterocycles. The van der Waals surface area contributed by atoms with Crippen LogP contribution in [0.5, 0.6) is 0 Å². The molecule has 4 nitrogen and oxygen atoms in total. The molecular formula is C11H13ClN2O2. The van der Waals surface area contributed by atoms with Crippen LogP contribution >= 0.6 is 11.6 Å². The molecule has 1 aromatic rings. The predicted octanol–water partition coefficient (Wildman–Crippen LogP) is 2.28. The molecule has 16 heavy (non-hydrogen) atoms. The first-order valence-corrected chi connectivity index (χ1v) is 5.59. The summed E-state index contributed by atoms with van der Waals surface area (Å²) in [6.07, 6.45) is 2.63. The van der Waals surface area contributed by atoms with Gasteiger partial charge in [-0.05, 0) is 18.4 Å². The molecule has 0 bridgehead atoms. The highest BCUT2D eigenvalue weighted by atomic mass is 35.5. The molecule has 2 heterocycles. The highest BCUT2D eigenvalue weighted by molar-refractivity contribution is 6.29. The lowest BCUT2D eigenvalue weighted by atomic mass is 10.2. The van der Waals surface area contributed by atoms with E-state index >= 15 is 0 Å². The molecule has 5 heteroatoms. The zero-order valence-electron chi connectivity index (χ0n) is 8.98. The topological polar surface area (TPSA) is 53.4 Å². The molecule has 0 aliphatic carbocycles. The Kier molecular flexibility index (Phi) is 3.01. The molecule has 86 valence electrons. The van der Waals surface area contributed by atoms with Gasteiger partial charge in [0.15, 0.2) is 0 Å². The number of carboxylic acid groups (broad SMARTS) is 1. The van der Waals surface area contributed by atoms with Gasteiger partial charge in [-0.1, -0.05) is 18.5 Å². The van der Waals surface area contributed by atoms with Gasteiger partial charge in [0.1, 0.15) is 5.15 Å². The average molecular weight is 241 g/mol. The van der Waals surface area contributed by atoms with Crippen molar-refractivity contribution in [2.75, 3.05) is 18.0 Å². The molecule has 1 fully saturated rings. The summed E-state index contributed by atoms with van der Waals surface area (Å²) in [6.45, 7) is 3.91. The Balaban J connectivity index is 2.36. The number of anilines is 1. The number of aromatic carboxylic acids is 1. The second-order valence-corrected chi connectivity index (χ2v) is 4.56. The molecule has 1 N–H and O–H groups in total. The summed E-state index contributed by atoms with van der Waals surface area (Å²) in [4.78, 5) is 17.1. The number of hydrogen-bond acceptors (Lipinski definition) is 3. The number of rotatable bonds is 2. The van der Waals surface area contributed by atoms with Crippen LogP contribution in [-0.4, -0.2) is 29.1 Å². The molecule has 1 saturated heterocycles. The monoisotopic (exact) mass is 240 g/mol. The average Bonchev–Trinajstić information content (AvgIpc) is 2.64. The van der Waals surface area contributed by atoms with Gasteiger partial charge in [0, 0.05) is 13.1 Å². The van der Waals surface area contributed by atoms with E-state index in [-0.39, 0.29) is 10.7 Å². The fourth-order valence-corrected chi connectivity index (χ4v) is 2.16. The highest BCUT2D eigenvalue weighted by Crippen LogP contribution is 2.27. The van der Waals surface area contributed by atoms with Gasteiger partial charge in [-0.25, -0.2) is 9.78 Å². The van der Waals surface area contributed by atoms with Crippen molar-refractivity contribution in [3.05, 3.63) is 23.0 Å². The normalized spacial score (nSPS) is 20.1. The van der Waals surface area contributed by atoms with E-state index in [0.717, 1.165) is 19.5 Å². The first kappa shape index (κ1) is 11.2. The van der Waals surface area contributed by atoms with Crippen molar-refractivity contribution in [3.63, 3.8) is 0 Å². The van der Waals surface area contributed by atoms with Crippen molar-refractivity contribution in [1.29, 1.82) is 0 Å². The van der Waals surface area contributed by atoms with Gasteiger partial charge in [-0.15, -0.1) is 0 Å². The smallest absolute Gasteiger partial charge is 0.337 e. The summed E-state index contributed by atoms with van der Waals surface area (Å²) in [6, 6.07) is 1.40. The van der Waals surface area contributed by atoms with E-state index in [0.29, 0.717) is 11.6 Å². The van der Waals surface area contributed by atoms with E-state index in [9.17, 15) is 4.79 Å². The SMILES string of the molecule is CC1CCN(c2cnc(Cl)cc2C(=O)O)C1. The quantitative estimate of drug-likeness (QED) is 0.806. The Morgan fingerprint density at radius 2 is 2.44 bits per heavy atom. The molecule has 1 aliphatic rings. The van der Waals surface area contributed by atoms with Crippen LogP contribution in [0.4, 0.5) is 5.69 Å². The van der Waals surface area contributed by atoms with Gasteiger partial charge >= 0.3 is 5.97 Å². The lowest BCUT2D eigenvalue weighted by molar-refractivity contribution is 0.0697. The lowest BCUT2D eigenvalue weighted by Gasteiger charge is -2.19. The second-order valence-electron chi connectivity index (χ2n) is 4.17. The number of carboxylic acids is 1. The molecule has 0 saturated carbocycles. The third-order valence-corrected chi connectivity index (χ3v) is 3.05. The first-order chi connectivity index (χ1) is 7.58. The summed E-state index contributed by atoms with van der Waals surface area (Å²) < 4.78 is 0. The van der Waals surface area contributed by atoms with Gasteiger partial charge in [0.05, 0.1) is 17.4 Å². The summed E-state index contributed by atoms with van der Waals surface area (Å²) >= 11 is 5.70. The maximum atomic E-state index is 11.1. The van der Waals surface area contributed by atoms with Crippen LogP contribution in [0, 0.1) is 5.92 Å². The first-order valence-electron chi connectivity index (χ1n) is 5.21. The fourth-order valence-electron chi connectivity index (χ4n) is 2.00. The van der Waals surface area contributed by atoms with Crippen molar-refractivity contribution >= 4 is 23.3 Å². The van der Waals surface area contributed by atoms with Gasteiger partial charge < -0.3 is 10.0 Å². The number of carbonyl (C=O) groups is 1. The largest absolute Gasteiger partial charge is 0.478 e. The van der Waals surface area contributed by atoms with Gasteiger partial charge in [-0.3, -0.25) is 0 Å². The Morgan fingerprint density at radius 3 is 3.00 bits per heavy atom. The van der Waals surface area contributed by atoms with Crippen LogP contribution in [-0.2, 0) is 0 Å². The lowest BCUT2D eigenvalue weighted by Crippen LogP contribution is -2.22. The van der Waals surface area contributed by atoms with Crippen molar-refractivity contribution in [1.82, 2.24) is 4.98 Å². The van der Waals surface area contributed by atoms with Crippen LogP contribution in [0.3, 0.4) is 0 Å². The maximum Gasteiger partial charge on any atom is 0.337 e. The summed E-state index contributed by atoms with van der Waals surface area (Å²) in [7, 11) is 0. The Morgan fingerprint density at radius 1 is 1.69 bits per heavy atom. The second kappa shape index (κ2) is 4.29. The predicted molar refractivity (Wildman–Crippen MR) is 62.2 cm³/mol. The van der Waals surface area contributed by atoms with E-state index in [1.165, 1.54) is 6.07 Å². The highest BCUT2D eigenvalue weighted by Gasteiger charge is 2.23. The van der Waals surface area contributed by atoms with Crippen LogP contribution < -0.4 is 4.90 Å². The minimum atomic E-state index is -0.959. The van der Waals surface area contributed by atoms with Gasteiger partial charge in [0.25, 0.3) is 0 Å². The molecule has 1 aliphatic heterocycles. The number of hydrogen-bond donors (Lipinski definition) is 1. The summed E-state index contributed by atoms with van der Waals surface area (Å²) in [5.41, 5.74) is 0.898. The third kappa shape index (κ3) is 2.11.